The monoisotopic (exact) mass is 475 g/mol. The molecule has 35 heavy (non-hydrogen) atoms. The average Bonchev–Trinajstić information content (AvgIpc) is 3.49. The maximum Gasteiger partial charge on any atom is 0.295 e. The number of carbonyl (C=O) groups excluding carboxylic acids is 2. The highest BCUT2D eigenvalue weighted by Crippen LogP contribution is 2.40. The van der Waals surface area contributed by atoms with Crippen LogP contribution in [0.2, 0.25) is 0 Å². The highest BCUT2D eigenvalue weighted by atomic mass is 16.5. The lowest BCUT2D eigenvalue weighted by atomic mass is 9.95. The van der Waals surface area contributed by atoms with Crippen LogP contribution in [-0.2, 0) is 16.1 Å². The molecule has 3 aromatic rings. The summed E-state index contributed by atoms with van der Waals surface area (Å²) >= 11 is 0. The number of nitrogens with zero attached hydrogens (tertiary/aromatic N) is 3. The van der Waals surface area contributed by atoms with Crippen molar-refractivity contribution in [3.63, 3.8) is 0 Å². The lowest BCUT2D eigenvalue weighted by Gasteiger charge is -2.25. The molecule has 0 bridgehead atoms. The molecule has 8 nitrogen and oxygen atoms in total. The van der Waals surface area contributed by atoms with Gasteiger partial charge in [-0.15, -0.1) is 0 Å². The first-order chi connectivity index (χ1) is 17.0. The van der Waals surface area contributed by atoms with Crippen molar-refractivity contribution in [3.8, 4) is 11.5 Å². The van der Waals surface area contributed by atoms with Gasteiger partial charge in [-0.05, 0) is 54.8 Å². The number of ether oxygens (including phenoxy) is 2. The Hall–Kier alpha value is -4.07. The van der Waals surface area contributed by atoms with Crippen LogP contribution in [0, 0.1) is 0 Å². The third-order valence-electron chi connectivity index (χ3n) is 5.92. The summed E-state index contributed by atoms with van der Waals surface area (Å²) in [5, 5.41) is 11.2. The van der Waals surface area contributed by atoms with Crippen molar-refractivity contribution in [2.75, 3.05) is 20.3 Å². The van der Waals surface area contributed by atoms with E-state index in [1.54, 1.807) is 62.1 Å². The van der Waals surface area contributed by atoms with Gasteiger partial charge in [0.15, 0.2) is 0 Å². The molecule has 0 aliphatic carbocycles. The van der Waals surface area contributed by atoms with Crippen LogP contribution in [0.15, 0.2) is 72.8 Å². The fraction of sp³-hybridized carbons (Fsp3) is 0.296. The van der Waals surface area contributed by atoms with E-state index in [2.05, 4.69) is 4.98 Å². The molecular formula is C27H29N3O5. The van der Waals surface area contributed by atoms with E-state index in [-0.39, 0.29) is 11.3 Å². The van der Waals surface area contributed by atoms with Crippen molar-refractivity contribution in [2.45, 2.75) is 32.4 Å². The number of benzene rings is 2. The average molecular weight is 476 g/mol. The maximum absolute atomic E-state index is 13.2. The van der Waals surface area contributed by atoms with Gasteiger partial charge in [-0.25, -0.2) is 4.98 Å². The van der Waals surface area contributed by atoms with Crippen LogP contribution in [0.25, 0.3) is 5.76 Å². The molecule has 1 aliphatic rings. The number of aliphatic hydroxyl groups excluding tert-OH is 1. The van der Waals surface area contributed by atoms with Crippen molar-refractivity contribution >= 4 is 17.4 Å². The molecule has 2 heterocycles. The van der Waals surface area contributed by atoms with Crippen molar-refractivity contribution in [1.82, 2.24) is 14.5 Å². The first-order valence-corrected chi connectivity index (χ1v) is 11.6. The Bertz CT molecular complexity index is 1200. The lowest BCUT2D eigenvalue weighted by Crippen LogP contribution is -2.31. The summed E-state index contributed by atoms with van der Waals surface area (Å²) in [6.45, 7) is 3.59. The van der Waals surface area contributed by atoms with E-state index >= 15 is 0 Å². The normalized spacial score (nSPS) is 17.1. The van der Waals surface area contributed by atoms with Crippen molar-refractivity contribution in [1.29, 1.82) is 0 Å². The van der Waals surface area contributed by atoms with Crippen LogP contribution in [-0.4, -0.2) is 51.5 Å². The molecule has 1 atom stereocenters. The van der Waals surface area contributed by atoms with Gasteiger partial charge < -0.3 is 24.0 Å². The van der Waals surface area contributed by atoms with E-state index < -0.39 is 17.7 Å². The molecule has 1 aliphatic heterocycles. The van der Waals surface area contributed by atoms with Crippen molar-refractivity contribution in [3.05, 3.63) is 84.0 Å². The molecule has 1 N–H and O–H groups in total. The third kappa shape index (κ3) is 5.21. The molecule has 0 saturated carbocycles. The van der Waals surface area contributed by atoms with Crippen LogP contribution in [0.4, 0.5) is 0 Å². The second-order valence-electron chi connectivity index (χ2n) is 8.30. The quantitative estimate of drug-likeness (QED) is 0.268. The SMILES string of the molecule is CCCOc1ccc(C(O)=C2C(=O)C(=O)N(CCCn3ccnc3)[C@@H]2c2cccc(OC)c2)cc1. The molecule has 0 radical (unpaired) electrons. The standard InChI is InChI=1S/C27H29N3O5/c1-3-16-35-21-10-8-19(9-11-21)25(31)23-24(20-6-4-7-22(17-20)34-2)30(27(33)26(23)32)14-5-13-29-15-12-28-18-29/h4,6-12,15,17-18,24,31H,3,5,13-14,16H2,1-2H3/t24-/m1/s1. The summed E-state index contributed by atoms with van der Waals surface area (Å²) in [5.74, 6) is -0.274. The van der Waals surface area contributed by atoms with Gasteiger partial charge in [-0.2, -0.15) is 0 Å². The number of methoxy groups -OCH3 is 1. The predicted molar refractivity (Wildman–Crippen MR) is 131 cm³/mol. The molecular weight excluding hydrogens is 446 g/mol. The topological polar surface area (TPSA) is 93.9 Å². The summed E-state index contributed by atoms with van der Waals surface area (Å²) in [6, 6.07) is 13.3. The Morgan fingerprint density at radius 2 is 1.89 bits per heavy atom. The first kappa shape index (κ1) is 24.1. The Morgan fingerprint density at radius 1 is 1.09 bits per heavy atom. The second-order valence-corrected chi connectivity index (χ2v) is 8.30. The number of amides is 1. The number of rotatable bonds is 10. The molecule has 2 aromatic carbocycles. The van der Waals surface area contributed by atoms with Crippen LogP contribution in [0.3, 0.4) is 0 Å². The number of likely N-dealkylation sites (tertiary alicyclic amines) is 1. The smallest absolute Gasteiger partial charge is 0.295 e. The van der Waals surface area contributed by atoms with E-state index in [0.717, 1.165) is 6.42 Å². The predicted octanol–water partition coefficient (Wildman–Crippen LogP) is 4.19. The minimum Gasteiger partial charge on any atom is -0.507 e. The van der Waals surface area contributed by atoms with Gasteiger partial charge in [-0.3, -0.25) is 9.59 Å². The zero-order valence-electron chi connectivity index (χ0n) is 19.9. The zero-order chi connectivity index (χ0) is 24.8. The van der Waals surface area contributed by atoms with Gasteiger partial charge in [0.2, 0.25) is 0 Å². The largest absolute Gasteiger partial charge is 0.507 e. The fourth-order valence-corrected chi connectivity index (χ4v) is 4.20. The maximum atomic E-state index is 13.2. The number of imidazole rings is 1. The van der Waals surface area contributed by atoms with E-state index in [0.29, 0.717) is 48.7 Å². The van der Waals surface area contributed by atoms with E-state index in [4.69, 9.17) is 9.47 Å². The summed E-state index contributed by atoms with van der Waals surface area (Å²) in [7, 11) is 1.56. The van der Waals surface area contributed by atoms with Crippen LogP contribution in [0.1, 0.15) is 36.9 Å². The number of aromatic nitrogens is 2. The molecule has 1 saturated heterocycles. The molecule has 1 aromatic heterocycles. The first-order valence-electron chi connectivity index (χ1n) is 11.6. The summed E-state index contributed by atoms with van der Waals surface area (Å²) in [4.78, 5) is 31.9. The Kier molecular flexibility index (Phi) is 7.50. The highest BCUT2D eigenvalue weighted by molar-refractivity contribution is 6.46. The Labute approximate surface area is 204 Å². The minimum absolute atomic E-state index is 0.0631. The number of hydrogen-bond acceptors (Lipinski definition) is 6. The molecule has 182 valence electrons. The molecule has 8 heteroatoms. The number of carbonyl (C=O) groups is 2. The Balaban J connectivity index is 1.70. The summed E-state index contributed by atoms with van der Waals surface area (Å²) in [5.41, 5.74) is 1.20. The number of aryl methyl sites for hydroxylation is 1. The lowest BCUT2D eigenvalue weighted by molar-refractivity contribution is -0.139. The molecule has 1 fully saturated rings. The highest BCUT2D eigenvalue weighted by Gasteiger charge is 2.45. The van der Waals surface area contributed by atoms with Gasteiger partial charge in [0, 0.05) is 31.0 Å². The van der Waals surface area contributed by atoms with Crippen molar-refractivity contribution in [2.24, 2.45) is 0 Å². The van der Waals surface area contributed by atoms with Gasteiger partial charge >= 0.3 is 0 Å². The van der Waals surface area contributed by atoms with Gasteiger partial charge in [0.25, 0.3) is 11.7 Å². The minimum atomic E-state index is -0.732. The molecule has 0 spiro atoms. The second kappa shape index (κ2) is 10.9. The number of hydrogen-bond donors (Lipinski definition) is 1. The van der Waals surface area contributed by atoms with Crippen molar-refractivity contribution < 1.29 is 24.2 Å². The molecule has 1 amide bonds. The van der Waals surface area contributed by atoms with Crippen LogP contribution < -0.4 is 9.47 Å². The number of Topliss-reactive ketones (excluding diaryl/α,β-unsaturated/α-hetero) is 1. The van der Waals surface area contributed by atoms with E-state index in [9.17, 15) is 14.7 Å². The molecule has 0 unspecified atom stereocenters. The summed E-state index contributed by atoms with van der Waals surface area (Å²) < 4.78 is 12.9. The van der Waals surface area contributed by atoms with Gasteiger partial charge in [-0.1, -0.05) is 19.1 Å². The Morgan fingerprint density at radius 3 is 2.57 bits per heavy atom. The van der Waals surface area contributed by atoms with Crippen LogP contribution >= 0.6 is 0 Å². The number of ketones is 1. The molecule has 4 rings (SSSR count). The number of aliphatic hydroxyl groups is 1. The van der Waals surface area contributed by atoms with Gasteiger partial charge in [0.05, 0.1) is 31.7 Å². The van der Waals surface area contributed by atoms with Gasteiger partial charge in [0.1, 0.15) is 17.3 Å². The fourth-order valence-electron chi connectivity index (χ4n) is 4.20. The third-order valence-corrected chi connectivity index (χ3v) is 5.92. The van der Waals surface area contributed by atoms with Crippen LogP contribution in [0.5, 0.6) is 11.5 Å². The summed E-state index contributed by atoms with van der Waals surface area (Å²) in [6.07, 6.45) is 6.75. The van der Waals surface area contributed by atoms with E-state index in [1.807, 2.05) is 23.8 Å². The zero-order valence-corrected chi connectivity index (χ0v) is 19.9. The van der Waals surface area contributed by atoms with E-state index in [1.165, 1.54) is 4.90 Å².